The molecular formula is C20H22N3+. The molecule has 1 aromatic heterocycles. The lowest BCUT2D eigenvalue weighted by atomic mass is 10.0. The van der Waals surface area contributed by atoms with Crippen LogP contribution in [0.2, 0.25) is 0 Å². The van der Waals surface area contributed by atoms with Crippen molar-refractivity contribution in [1.29, 1.82) is 0 Å². The van der Waals surface area contributed by atoms with Crippen molar-refractivity contribution in [3.8, 4) is 5.69 Å². The van der Waals surface area contributed by atoms with Gasteiger partial charge in [0, 0.05) is 17.9 Å². The molecule has 0 unspecified atom stereocenters. The Balaban J connectivity index is 1.67. The van der Waals surface area contributed by atoms with Gasteiger partial charge in [0.25, 0.3) is 5.82 Å². The fraction of sp³-hybridized carbons (Fsp3) is 0.300. The van der Waals surface area contributed by atoms with E-state index in [9.17, 15) is 0 Å². The average Bonchev–Trinajstić information content (AvgIpc) is 3.10. The van der Waals surface area contributed by atoms with Crippen LogP contribution in [0, 0.1) is 13.8 Å². The van der Waals surface area contributed by atoms with Crippen molar-refractivity contribution in [3.05, 3.63) is 77.4 Å². The third-order valence-electron chi connectivity index (χ3n) is 4.83. The molecule has 0 saturated heterocycles. The lowest BCUT2D eigenvalue weighted by Crippen LogP contribution is -2.37. The molecule has 0 fully saturated rings. The second kappa shape index (κ2) is 5.65. The van der Waals surface area contributed by atoms with Crippen LogP contribution in [-0.4, -0.2) is 9.78 Å². The molecule has 0 N–H and O–H groups in total. The summed E-state index contributed by atoms with van der Waals surface area (Å²) in [5, 5.41) is 4.85. The first-order valence-corrected chi connectivity index (χ1v) is 8.32. The minimum absolute atomic E-state index is 0.519. The zero-order valence-corrected chi connectivity index (χ0v) is 13.7. The Morgan fingerprint density at radius 1 is 1.04 bits per heavy atom. The standard InChI is InChI=1S/C20H22N3/c1-15-7-6-8-16(2)20(15)23-14-22-18(11-12-19(22)21-23)13-17-9-4-3-5-10-17/h3-10,14,18H,11-13H2,1-2H3/q+1/t18-/m1/s1. The smallest absolute Gasteiger partial charge is 0.231 e. The molecule has 1 atom stereocenters. The van der Waals surface area contributed by atoms with Gasteiger partial charge in [-0.15, -0.1) is 0 Å². The van der Waals surface area contributed by atoms with Crippen molar-refractivity contribution in [3.63, 3.8) is 0 Å². The van der Waals surface area contributed by atoms with E-state index >= 15 is 0 Å². The van der Waals surface area contributed by atoms with Crippen LogP contribution < -0.4 is 4.57 Å². The first kappa shape index (κ1) is 14.2. The van der Waals surface area contributed by atoms with Gasteiger partial charge in [-0.05, 0) is 37.0 Å². The SMILES string of the molecule is Cc1cccc(C)c1-n1c[n+]2c(n1)CC[C@@H]2Cc1ccccc1. The minimum atomic E-state index is 0.519. The summed E-state index contributed by atoms with van der Waals surface area (Å²) in [6, 6.07) is 17.7. The zero-order chi connectivity index (χ0) is 15.8. The molecule has 3 nitrogen and oxygen atoms in total. The monoisotopic (exact) mass is 304 g/mol. The Morgan fingerprint density at radius 3 is 2.52 bits per heavy atom. The molecule has 2 aromatic carbocycles. The van der Waals surface area contributed by atoms with E-state index in [2.05, 4.69) is 78.0 Å². The van der Waals surface area contributed by atoms with Gasteiger partial charge < -0.3 is 0 Å². The van der Waals surface area contributed by atoms with Crippen molar-refractivity contribution in [2.75, 3.05) is 0 Å². The number of benzene rings is 2. The van der Waals surface area contributed by atoms with Gasteiger partial charge in [0.2, 0.25) is 6.33 Å². The lowest BCUT2D eigenvalue weighted by Gasteiger charge is -2.09. The van der Waals surface area contributed by atoms with Crippen molar-refractivity contribution in [2.45, 2.75) is 39.2 Å². The molecule has 0 spiro atoms. The van der Waals surface area contributed by atoms with E-state index in [1.165, 1.54) is 34.6 Å². The molecule has 4 rings (SSSR count). The molecule has 116 valence electrons. The molecule has 0 amide bonds. The van der Waals surface area contributed by atoms with Crippen LogP contribution in [-0.2, 0) is 12.8 Å². The summed E-state index contributed by atoms with van der Waals surface area (Å²) in [5.74, 6) is 1.20. The number of aromatic nitrogens is 3. The molecule has 23 heavy (non-hydrogen) atoms. The van der Waals surface area contributed by atoms with E-state index in [1.807, 2.05) is 0 Å². The fourth-order valence-corrected chi connectivity index (χ4v) is 3.67. The van der Waals surface area contributed by atoms with Gasteiger partial charge in [0.15, 0.2) is 0 Å². The Labute approximate surface area is 137 Å². The second-order valence-electron chi connectivity index (χ2n) is 6.51. The average molecular weight is 304 g/mol. The van der Waals surface area contributed by atoms with Gasteiger partial charge in [-0.1, -0.05) is 53.2 Å². The van der Waals surface area contributed by atoms with E-state index in [1.54, 1.807) is 0 Å². The molecule has 0 bridgehead atoms. The highest BCUT2D eigenvalue weighted by atomic mass is 15.4. The van der Waals surface area contributed by atoms with Crippen LogP contribution in [0.25, 0.3) is 5.69 Å². The van der Waals surface area contributed by atoms with E-state index in [4.69, 9.17) is 5.10 Å². The topological polar surface area (TPSA) is 21.7 Å². The molecule has 0 aliphatic carbocycles. The molecule has 1 aliphatic rings. The number of hydrogen-bond acceptors (Lipinski definition) is 1. The van der Waals surface area contributed by atoms with Crippen molar-refractivity contribution in [1.82, 2.24) is 9.78 Å². The molecule has 3 heteroatoms. The van der Waals surface area contributed by atoms with Gasteiger partial charge in [0.1, 0.15) is 5.69 Å². The summed E-state index contributed by atoms with van der Waals surface area (Å²) in [5.41, 5.74) is 5.16. The molecule has 3 aromatic rings. The largest absolute Gasteiger partial charge is 0.278 e. The van der Waals surface area contributed by atoms with Crippen LogP contribution in [0.4, 0.5) is 0 Å². The molecule has 0 radical (unpaired) electrons. The summed E-state index contributed by atoms with van der Waals surface area (Å²) in [6.45, 7) is 4.31. The third-order valence-corrected chi connectivity index (χ3v) is 4.83. The maximum absolute atomic E-state index is 4.85. The Bertz CT molecular complexity index is 813. The number of fused-ring (bicyclic) bond motifs is 1. The maximum Gasteiger partial charge on any atom is 0.278 e. The number of rotatable bonds is 3. The highest BCUT2D eigenvalue weighted by molar-refractivity contribution is 5.45. The van der Waals surface area contributed by atoms with Gasteiger partial charge in [-0.2, -0.15) is 0 Å². The summed E-state index contributed by atoms with van der Waals surface area (Å²) in [4.78, 5) is 0. The number of para-hydroxylation sites is 1. The molecular weight excluding hydrogens is 282 g/mol. The fourth-order valence-electron chi connectivity index (χ4n) is 3.67. The van der Waals surface area contributed by atoms with Gasteiger partial charge in [-0.25, -0.2) is 4.57 Å². The van der Waals surface area contributed by atoms with Gasteiger partial charge in [0.05, 0.1) is 6.04 Å². The maximum atomic E-state index is 4.85. The van der Waals surface area contributed by atoms with Crippen LogP contribution >= 0.6 is 0 Å². The number of aryl methyl sites for hydroxylation is 3. The van der Waals surface area contributed by atoms with Gasteiger partial charge >= 0.3 is 0 Å². The second-order valence-corrected chi connectivity index (χ2v) is 6.51. The van der Waals surface area contributed by atoms with E-state index in [0.29, 0.717) is 6.04 Å². The molecule has 1 aliphatic heterocycles. The molecule has 2 heterocycles. The third kappa shape index (κ3) is 2.56. The van der Waals surface area contributed by atoms with Crippen molar-refractivity contribution < 1.29 is 4.57 Å². The lowest BCUT2D eigenvalue weighted by molar-refractivity contribution is -0.716. The van der Waals surface area contributed by atoms with Crippen molar-refractivity contribution >= 4 is 0 Å². The Kier molecular flexibility index (Phi) is 3.49. The number of nitrogens with zero attached hydrogens (tertiary/aromatic N) is 3. The molecule has 0 saturated carbocycles. The van der Waals surface area contributed by atoms with Crippen LogP contribution in [0.15, 0.2) is 54.9 Å². The van der Waals surface area contributed by atoms with Crippen LogP contribution in [0.3, 0.4) is 0 Å². The Morgan fingerprint density at radius 2 is 1.78 bits per heavy atom. The summed E-state index contributed by atoms with van der Waals surface area (Å²) in [7, 11) is 0. The quantitative estimate of drug-likeness (QED) is 0.679. The first-order chi connectivity index (χ1) is 11.2. The summed E-state index contributed by atoms with van der Waals surface area (Å²) >= 11 is 0. The minimum Gasteiger partial charge on any atom is -0.231 e. The van der Waals surface area contributed by atoms with Crippen LogP contribution in [0.5, 0.6) is 0 Å². The van der Waals surface area contributed by atoms with Crippen LogP contribution in [0.1, 0.15) is 35.0 Å². The highest BCUT2D eigenvalue weighted by Gasteiger charge is 2.32. The Hall–Kier alpha value is -2.42. The zero-order valence-electron chi connectivity index (χ0n) is 13.7. The van der Waals surface area contributed by atoms with E-state index in [0.717, 1.165) is 12.8 Å². The first-order valence-electron chi connectivity index (χ1n) is 8.32. The predicted octanol–water partition coefficient (Wildman–Crippen LogP) is 3.51. The summed E-state index contributed by atoms with van der Waals surface area (Å²) < 4.78 is 4.44. The van der Waals surface area contributed by atoms with E-state index in [-0.39, 0.29) is 0 Å². The van der Waals surface area contributed by atoms with E-state index < -0.39 is 0 Å². The number of hydrogen-bond donors (Lipinski definition) is 0. The van der Waals surface area contributed by atoms with Crippen molar-refractivity contribution in [2.24, 2.45) is 0 Å². The normalized spacial score (nSPS) is 16.5. The van der Waals surface area contributed by atoms with Gasteiger partial charge in [-0.3, -0.25) is 0 Å². The summed E-state index contributed by atoms with van der Waals surface area (Å²) in [6.07, 6.45) is 5.52. The highest BCUT2D eigenvalue weighted by Crippen LogP contribution is 2.23. The predicted molar refractivity (Wildman–Crippen MR) is 90.7 cm³/mol.